The smallest absolute Gasteiger partial charge is 0.407 e. The van der Waals surface area contributed by atoms with E-state index in [9.17, 15) is 19.2 Å². The lowest BCUT2D eigenvalue weighted by molar-refractivity contribution is -0.127. The third-order valence-electron chi connectivity index (χ3n) is 6.98. The number of carboxylic acids is 1. The van der Waals surface area contributed by atoms with E-state index in [0.717, 1.165) is 22.3 Å². The molecule has 3 aromatic carbocycles. The molecule has 1 aliphatic carbocycles. The van der Waals surface area contributed by atoms with E-state index < -0.39 is 24.0 Å². The summed E-state index contributed by atoms with van der Waals surface area (Å²) in [5.74, 6) is -2.68. The van der Waals surface area contributed by atoms with Crippen LogP contribution in [-0.4, -0.2) is 41.5 Å². The maximum Gasteiger partial charge on any atom is 0.407 e. The van der Waals surface area contributed by atoms with Gasteiger partial charge in [-0.3, -0.25) is 9.59 Å². The van der Waals surface area contributed by atoms with E-state index in [1.54, 1.807) is 6.92 Å². The largest absolute Gasteiger partial charge is 0.478 e. The highest BCUT2D eigenvalue weighted by atomic mass is 16.5. The molecule has 0 spiro atoms. The first-order valence-electron chi connectivity index (χ1n) is 12.9. The van der Waals surface area contributed by atoms with Crippen LogP contribution in [-0.2, 0) is 14.3 Å². The minimum Gasteiger partial charge on any atom is -0.478 e. The molecule has 3 aromatic rings. The normalized spacial score (nSPS) is 13.6. The molecule has 0 saturated carbocycles. The van der Waals surface area contributed by atoms with Crippen LogP contribution in [0.4, 0.5) is 10.5 Å². The second kappa shape index (κ2) is 11.9. The first-order valence-corrected chi connectivity index (χ1v) is 12.9. The van der Waals surface area contributed by atoms with Crippen LogP contribution < -0.4 is 10.6 Å². The zero-order chi connectivity index (χ0) is 28.1. The quantitative estimate of drug-likeness (QED) is 0.320. The Kier molecular flexibility index (Phi) is 8.44. The van der Waals surface area contributed by atoms with Crippen LogP contribution in [0.5, 0.6) is 0 Å². The maximum atomic E-state index is 13.1. The molecule has 4 rings (SSSR count). The van der Waals surface area contributed by atoms with Gasteiger partial charge in [0.05, 0.1) is 11.6 Å². The maximum absolute atomic E-state index is 13.1. The van der Waals surface area contributed by atoms with Gasteiger partial charge in [0.1, 0.15) is 6.61 Å². The molecule has 8 nitrogen and oxygen atoms in total. The first kappa shape index (κ1) is 27.6. The van der Waals surface area contributed by atoms with Gasteiger partial charge in [0.25, 0.3) is 0 Å². The molecule has 3 N–H and O–H groups in total. The molecule has 0 saturated heterocycles. The molecule has 0 bridgehead atoms. The van der Waals surface area contributed by atoms with Gasteiger partial charge in [-0.25, -0.2) is 9.59 Å². The van der Waals surface area contributed by atoms with Crippen LogP contribution in [0.3, 0.4) is 0 Å². The highest BCUT2D eigenvalue weighted by Gasteiger charge is 2.31. The Morgan fingerprint density at radius 1 is 0.846 bits per heavy atom. The van der Waals surface area contributed by atoms with E-state index >= 15 is 0 Å². The molecule has 2 atom stereocenters. The van der Waals surface area contributed by atoms with Crippen molar-refractivity contribution in [3.8, 4) is 11.1 Å². The van der Waals surface area contributed by atoms with Gasteiger partial charge in [0, 0.05) is 23.9 Å². The van der Waals surface area contributed by atoms with Gasteiger partial charge in [-0.2, -0.15) is 0 Å². The standard InChI is InChI=1S/C31H32N2O6/c1-18(2)28(27(34)16-19(3)29(35)32-21-14-12-20(13-15-21)30(36)37)33-31(38)39-17-26-24-10-6-4-8-22(24)23-9-5-7-11-25(23)26/h4-15,18-19,26,28H,16-17H2,1-3H3,(H,32,35)(H,33,38)(H,36,37)/t19-,28+/m1/s1. The molecule has 8 heteroatoms. The summed E-state index contributed by atoms with van der Waals surface area (Å²) in [6, 6.07) is 21.0. The summed E-state index contributed by atoms with van der Waals surface area (Å²) in [5, 5.41) is 14.4. The number of amides is 2. The minimum atomic E-state index is -1.06. The lowest BCUT2D eigenvalue weighted by Gasteiger charge is -2.23. The third-order valence-corrected chi connectivity index (χ3v) is 6.98. The number of ether oxygens (including phenoxy) is 1. The van der Waals surface area contributed by atoms with Crippen LogP contribution in [0.15, 0.2) is 72.8 Å². The molecule has 0 radical (unpaired) electrons. The van der Waals surface area contributed by atoms with Crippen molar-refractivity contribution in [2.45, 2.75) is 39.2 Å². The molecule has 0 aromatic heterocycles. The number of ketones is 1. The molecule has 39 heavy (non-hydrogen) atoms. The van der Waals surface area contributed by atoms with Gasteiger partial charge in [0.2, 0.25) is 5.91 Å². The van der Waals surface area contributed by atoms with Crippen LogP contribution in [0, 0.1) is 11.8 Å². The van der Waals surface area contributed by atoms with Crippen molar-refractivity contribution in [3.63, 3.8) is 0 Å². The van der Waals surface area contributed by atoms with Crippen LogP contribution >= 0.6 is 0 Å². The van der Waals surface area contributed by atoms with Crippen molar-refractivity contribution in [2.24, 2.45) is 11.8 Å². The van der Waals surface area contributed by atoms with Gasteiger partial charge >= 0.3 is 12.1 Å². The predicted octanol–water partition coefficient (Wildman–Crippen LogP) is 5.48. The Balaban J connectivity index is 1.33. The number of carboxylic acid groups (broad SMARTS) is 1. The summed E-state index contributed by atoms with van der Waals surface area (Å²) in [6.07, 6.45) is -0.759. The second-order valence-electron chi connectivity index (χ2n) is 10.1. The van der Waals surface area contributed by atoms with Crippen molar-refractivity contribution in [1.29, 1.82) is 0 Å². The molecular formula is C31H32N2O6. The average Bonchev–Trinajstić information content (AvgIpc) is 3.24. The van der Waals surface area contributed by atoms with Gasteiger partial charge in [-0.1, -0.05) is 69.3 Å². The number of fused-ring (bicyclic) bond motifs is 3. The topological polar surface area (TPSA) is 122 Å². The van der Waals surface area contributed by atoms with Crippen molar-refractivity contribution in [1.82, 2.24) is 5.32 Å². The van der Waals surface area contributed by atoms with Crippen LogP contribution in [0.25, 0.3) is 11.1 Å². The third kappa shape index (κ3) is 6.34. The summed E-state index contributed by atoms with van der Waals surface area (Å²) < 4.78 is 5.61. The molecule has 1 aliphatic rings. The number of rotatable bonds is 10. The molecule has 202 valence electrons. The Morgan fingerprint density at radius 2 is 1.41 bits per heavy atom. The Hall–Kier alpha value is -4.46. The number of hydrogen-bond acceptors (Lipinski definition) is 5. The summed E-state index contributed by atoms with van der Waals surface area (Å²) >= 11 is 0. The summed E-state index contributed by atoms with van der Waals surface area (Å²) in [7, 11) is 0. The van der Waals surface area contributed by atoms with E-state index in [1.165, 1.54) is 24.3 Å². The lowest BCUT2D eigenvalue weighted by atomic mass is 9.93. The van der Waals surface area contributed by atoms with Gasteiger partial charge < -0.3 is 20.5 Å². The van der Waals surface area contributed by atoms with E-state index in [-0.39, 0.29) is 42.1 Å². The van der Waals surface area contributed by atoms with E-state index in [2.05, 4.69) is 22.8 Å². The van der Waals surface area contributed by atoms with E-state index in [4.69, 9.17) is 9.84 Å². The fraction of sp³-hybridized carbons (Fsp3) is 0.290. The summed E-state index contributed by atoms with van der Waals surface area (Å²) in [4.78, 5) is 49.5. The number of carbonyl (C=O) groups is 4. The van der Waals surface area contributed by atoms with Gasteiger partial charge in [0.15, 0.2) is 5.78 Å². The van der Waals surface area contributed by atoms with Crippen molar-refractivity contribution in [3.05, 3.63) is 89.5 Å². The number of alkyl carbamates (subject to hydrolysis) is 1. The van der Waals surface area contributed by atoms with Crippen molar-refractivity contribution < 1.29 is 29.0 Å². The average molecular weight is 529 g/mol. The summed E-state index contributed by atoms with van der Waals surface area (Å²) in [6.45, 7) is 5.41. The highest BCUT2D eigenvalue weighted by Crippen LogP contribution is 2.44. The number of aromatic carboxylic acids is 1. The van der Waals surface area contributed by atoms with E-state index in [1.807, 2.05) is 50.2 Å². The number of hydrogen-bond donors (Lipinski definition) is 3. The number of Topliss-reactive ketones (excluding diaryl/α,β-unsaturated/α-hetero) is 1. The number of nitrogens with one attached hydrogen (secondary N) is 2. The van der Waals surface area contributed by atoms with Crippen molar-refractivity contribution >= 4 is 29.4 Å². The fourth-order valence-electron chi connectivity index (χ4n) is 4.87. The van der Waals surface area contributed by atoms with Gasteiger partial charge in [-0.05, 0) is 52.4 Å². The molecular weight excluding hydrogens is 496 g/mol. The number of benzene rings is 3. The van der Waals surface area contributed by atoms with Crippen LogP contribution in [0.1, 0.15) is 54.6 Å². The summed E-state index contributed by atoms with van der Waals surface area (Å²) in [5.41, 5.74) is 4.99. The SMILES string of the molecule is CC(C)[C@H](NC(=O)OCC1c2ccccc2-c2ccccc21)C(=O)C[C@@H](C)C(=O)Nc1ccc(C(=O)O)cc1. The molecule has 0 heterocycles. The van der Waals surface area contributed by atoms with Crippen LogP contribution in [0.2, 0.25) is 0 Å². The molecule has 2 amide bonds. The highest BCUT2D eigenvalue weighted by molar-refractivity contribution is 5.97. The zero-order valence-corrected chi connectivity index (χ0v) is 22.1. The first-order chi connectivity index (χ1) is 18.7. The predicted molar refractivity (Wildman–Crippen MR) is 148 cm³/mol. The number of carbonyl (C=O) groups excluding carboxylic acids is 3. The molecule has 0 fully saturated rings. The van der Waals surface area contributed by atoms with E-state index in [0.29, 0.717) is 5.69 Å². The molecule has 0 unspecified atom stereocenters. The molecule has 0 aliphatic heterocycles. The second-order valence-corrected chi connectivity index (χ2v) is 10.1. The number of anilines is 1. The monoisotopic (exact) mass is 528 g/mol. The Bertz CT molecular complexity index is 1340. The Labute approximate surface area is 227 Å². The minimum absolute atomic E-state index is 0.0778. The lowest BCUT2D eigenvalue weighted by Crippen LogP contribution is -2.45. The Morgan fingerprint density at radius 3 is 1.95 bits per heavy atom. The zero-order valence-electron chi connectivity index (χ0n) is 22.1. The van der Waals surface area contributed by atoms with Gasteiger partial charge in [-0.15, -0.1) is 0 Å². The fourth-order valence-corrected chi connectivity index (χ4v) is 4.87. The van der Waals surface area contributed by atoms with Crippen molar-refractivity contribution in [2.75, 3.05) is 11.9 Å².